The quantitative estimate of drug-likeness (QED) is 0.838. The second-order valence-electron chi connectivity index (χ2n) is 4.24. The fourth-order valence-corrected chi connectivity index (χ4v) is 1.90. The van der Waals surface area contributed by atoms with Gasteiger partial charge in [-0.2, -0.15) is 0 Å². The molecule has 0 fully saturated rings. The molecule has 0 atom stereocenters. The van der Waals surface area contributed by atoms with Gasteiger partial charge in [-0.1, -0.05) is 30.7 Å². The zero-order valence-corrected chi connectivity index (χ0v) is 11.4. The van der Waals surface area contributed by atoms with Crippen LogP contribution in [0.25, 0.3) is 0 Å². The molecule has 3 nitrogen and oxygen atoms in total. The summed E-state index contributed by atoms with van der Waals surface area (Å²) in [5, 5.41) is 3.29. The summed E-state index contributed by atoms with van der Waals surface area (Å²) >= 11 is 5.88. The molecule has 0 aliphatic rings. The predicted octanol–water partition coefficient (Wildman–Crippen LogP) is 3.74. The van der Waals surface area contributed by atoms with Crippen LogP contribution < -0.4 is 11.1 Å². The van der Waals surface area contributed by atoms with E-state index in [4.69, 9.17) is 17.3 Å². The van der Waals surface area contributed by atoms with Crippen molar-refractivity contribution in [2.75, 3.05) is 11.1 Å². The van der Waals surface area contributed by atoms with Gasteiger partial charge in [0.2, 0.25) is 0 Å². The summed E-state index contributed by atoms with van der Waals surface area (Å²) in [6.45, 7) is 2.07. The van der Waals surface area contributed by atoms with Gasteiger partial charge in [0.15, 0.2) is 0 Å². The average Bonchev–Trinajstić information content (AvgIpc) is 2.43. The van der Waals surface area contributed by atoms with Gasteiger partial charge < -0.3 is 11.1 Å². The number of hydrogen-bond acceptors (Lipinski definition) is 2. The SMILES string of the molecule is CCc1ccc(C(=O)Nc2cc(Cl)ccc2N)cc1. The fraction of sp³-hybridized carbons (Fsp3) is 0.133. The van der Waals surface area contributed by atoms with Gasteiger partial charge in [0.05, 0.1) is 11.4 Å². The van der Waals surface area contributed by atoms with Crippen LogP contribution in [0.1, 0.15) is 22.8 Å². The Morgan fingerprint density at radius 2 is 1.89 bits per heavy atom. The average molecular weight is 275 g/mol. The summed E-state index contributed by atoms with van der Waals surface area (Å²) < 4.78 is 0. The highest BCUT2D eigenvalue weighted by molar-refractivity contribution is 6.31. The third kappa shape index (κ3) is 3.26. The summed E-state index contributed by atoms with van der Waals surface area (Å²) in [7, 11) is 0. The minimum atomic E-state index is -0.198. The summed E-state index contributed by atoms with van der Waals surface area (Å²) in [5.41, 5.74) is 8.59. The first kappa shape index (κ1) is 13.4. The van der Waals surface area contributed by atoms with E-state index >= 15 is 0 Å². The van der Waals surface area contributed by atoms with E-state index in [-0.39, 0.29) is 5.91 Å². The first-order chi connectivity index (χ1) is 9.10. The van der Waals surface area contributed by atoms with Gasteiger partial charge in [0.25, 0.3) is 5.91 Å². The van der Waals surface area contributed by atoms with E-state index in [0.717, 1.165) is 6.42 Å². The Kier molecular flexibility index (Phi) is 4.07. The summed E-state index contributed by atoms with van der Waals surface area (Å²) in [5.74, 6) is -0.198. The maximum Gasteiger partial charge on any atom is 0.255 e. The van der Waals surface area contributed by atoms with Crippen LogP contribution in [-0.2, 0) is 6.42 Å². The topological polar surface area (TPSA) is 55.1 Å². The van der Waals surface area contributed by atoms with Crippen LogP contribution in [0.5, 0.6) is 0 Å². The number of nitrogen functional groups attached to an aromatic ring is 1. The highest BCUT2D eigenvalue weighted by Gasteiger charge is 2.08. The summed E-state index contributed by atoms with van der Waals surface area (Å²) in [6.07, 6.45) is 0.948. The minimum absolute atomic E-state index is 0.198. The Morgan fingerprint density at radius 1 is 1.21 bits per heavy atom. The van der Waals surface area contributed by atoms with Gasteiger partial charge in [-0.15, -0.1) is 0 Å². The third-order valence-electron chi connectivity index (χ3n) is 2.89. The molecule has 19 heavy (non-hydrogen) atoms. The molecule has 0 saturated carbocycles. The highest BCUT2D eigenvalue weighted by Crippen LogP contribution is 2.23. The van der Waals surface area contributed by atoms with Gasteiger partial charge in [-0.05, 0) is 42.3 Å². The van der Waals surface area contributed by atoms with Crippen molar-refractivity contribution in [3.63, 3.8) is 0 Å². The monoisotopic (exact) mass is 274 g/mol. The van der Waals surface area contributed by atoms with Crippen molar-refractivity contribution in [2.45, 2.75) is 13.3 Å². The molecule has 0 aliphatic heterocycles. The number of halogens is 1. The van der Waals surface area contributed by atoms with Gasteiger partial charge in [0, 0.05) is 10.6 Å². The Balaban J connectivity index is 2.18. The van der Waals surface area contributed by atoms with Crippen LogP contribution in [0.3, 0.4) is 0 Å². The van der Waals surface area contributed by atoms with Crippen LogP contribution >= 0.6 is 11.6 Å². The minimum Gasteiger partial charge on any atom is -0.397 e. The molecule has 98 valence electrons. The van der Waals surface area contributed by atoms with Gasteiger partial charge in [-0.25, -0.2) is 0 Å². The highest BCUT2D eigenvalue weighted by atomic mass is 35.5. The maximum absolute atomic E-state index is 12.1. The molecule has 2 rings (SSSR count). The number of nitrogens with two attached hydrogens (primary N) is 1. The second-order valence-corrected chi connectivity index (χ2v) is 4.67. The first-order valence-corrected chi connectivity index (χ1v) is 6.43. The molecule has 0 aromatic heterocycles. The zero-order chi connectivity index (χ0) is 13.8. The number of anilines is 2. The van der Waals surface area contributed by atoms with Crippen LogP contribution in [0.4, 0.5) is 11.4 Å². The summed E-state index contributed by atoms with van der Waals surface area (Å²) in [4.78, 5) is 12.1. The molecule has 0 unspecified atom stereocenters. The first-order valence-electron chi connectivity index (χ1n) is 6.05. The molecule has 3 N–H and O–H groups in total. The molecule has 0 radical (unpaired) electrons. The molecular formula is C15H15ClN2O. The Hall–Kier alpha value is -2.00. The van der Waals surface area contributed by atoms with E-state index in [1.165, 1.54) is 5.56 Å². The Bertz CT molecular complexity index is 594. The smallest absolute Gasteiger partial charge is 0.255 e. The van der Waals surface area contributed by atoms with Crippen LogP contribution in [0.2, 0.25) is 5.02 Å². The largest absolute Gasteiger partial charge is 0.397 e. The van der Waals surface area contributed by atoms with E-state index in [1.807, 2.05) is 12.1 Å². The lowest BCUT2D eigenvalue weighted by Gasteiger charge is -2.09. The molecule has 4 heteroatoms. The van der Waals surface area contributed by atoms with Crippen molar-refractivity contribution in [3.05, 3.63) is 58.6 Å². The molecule has 1 amide bonds. The predicted molar refractivity (Wildman–Crippen MR) is 79.6 cm³/mol. The number of hydrogen-bond donors (Lipinski definition) is 2. The zero-order valence-electron chi connectivity index (χ0n) is 10.6. The number of benzene rings is 2. The molecule has 0 aliphatic carbocycles. The number of rotatable bonds is 3. The van der Waals surface area contributed by atoms with Gasteiger partial charge in [0.1, 0.15) is 0 Å². The molecule has 2 aromatic rings. The van der Waals surface area contributed by atoms with E-state index in [9.17, 15) is 4.79 Å². The van der Waals surface area contributed by atoms with E-state index in [1.54, 1.807) is 30.3 Å². The number of carbonyl (C=O) groups is 1. The van der Waals surface area contributed by atoms with Crippen molar-refractivity contribution in [1.82, 2.24) is 0 Å². The van der Waals surface area contributed by atoms with Crippen molar-refractivity contribution in [3.8, 4) is 0 Å². The molecule has 0 saturated heterocycles. The van der Waals surface area contributed by atoms with E-state index in [2.05, 4.69) is 12.2 Å². The number of carbonyl (C=O) groups excluding carboxylic acids is 1. The Labute approximate surface area is 117 Å². The van der Waals surface area contributed by atoms with Crippen molar-refractivity contribution >= 4 is 28.9 Å². The lowest BCUT2D eigenvalue weighted by Crippen LogP contribution is -2.13. The van der Waals surface area contributed by atoms with Crippen molar-refractivity contribution in [2.24, 2.45) is 0 Å². The van der Waals surface area contributed by atoms with Crippen LogP contribution in [0, 0.1) is 0 Å². The lowest BCUT2D eigenvalue weighted by atomic mass is 10.1. The number of aryl methyl sites for hydroxylation is 1. The molecule has 0 heterocycles. The molecule has 0 bridgehead atoms. The standard InChI is InChI=1S/C15H15ClN2O/c1-2-10-3-5-11(6-4-10)15(19)18-14-9-12(16)7-8-13(14)17/h3-9H,2,17H2,1H3,(H,18,19). The van der Waals surface area contributed by atoms with Crippen LogP contribution in [-0.4, -0.2) is 5.91 Å². The van der Waals surface area contributed by atoms with Crippen molar-refractivity contribution in [1.29, 1.82) is 0 Å². The number of nitrogens with one attached hydrogen (secondary N) is 1. The third-order valence-corrected chi connectivity index (χ3v) is 3.12. The molecule has 2 aromatic carbocycles. The number of amides is 1. The van der Waals surface area contributed by atoms with E-state index in [0.29, 0.717) is 22.0 Å². The lowest BCUT2D eigenvalue weighted by molar-refractivity contribution is 0.102. The fourth-order valence-electron chi connectivity index (χ4n) is 1.72. The molecule has 0 spiro atoms. The Morgan fingerprint density at radius 3 is 2.53 bits per heavy atom. The van der Waals surface area contributed by atoms with Gasteiger partial charge >= 0.3 is 0 Å². The van der Waals surface area contributed by atoms with Crippen LogP contribution in [0.15, 0.2) is 42.5 Å². The van der Waals surface area contributed by atoms with Crippen molar-refractivity contribution < 1.29 is 4.79 Å². The molecular weight excluding hydrogens is 260 g/mol. The van der Waals surface area contributed by atoms with Gasteiger partial charge in [-0.3, -0.25) is 4.79 Å². The summed E-state index contributed by atoms with van der Waals surface area (Å²) in [6, 6.07) is 12.5. The second kappa shape index (κ2) is 5.76. The normalized spacial score (nSPS) is 10.2. The maximum atomic E-state index is 12.1. The van der Waals surface area contributed by atoms with E-state index < -0.39 is 0 Å².